The number of sulfone groups is 1. The number of benzene rings is 1. The first-order chi connectivity index (χ1) is 16.7. The van der Waals surface area contributed by atoms with Crippen molar-refractivity contribution in [1.82, 2.24) is 14.9 Å². The highest BCUT2D eigenvalue weighted by Gasteiger charge is 2.33. The van der Waals surface area contributed by atoms with Gasteiger partial charge in [0.05, 0.1) is 17.1 Å². The fourth-order valence-corrected chi connectivity index (χ4v) is 4.78. The molecule has 1 amide bonds. The zero-order chi connectivity index (χ0) is 25.2. The molecule has 12 heteroatoms. The third-order valence-electron chi connectivity index (χ3n) is 6.30. The molecule has 4 rings (SSSR count). The monoisotopic (exact) mass is 507 g/mol. The van der Waals surface area contributed by atoms with E-state index in [0.717, 1.165) is 31.6 Å². The van der Waals surface area contributed by atoms with Crippen LogP contribution in [0.2, 0.25) is 0 Å². The van der Waals surface area contributed by atoms with E-state index in [1.54, 1.807) is 4.90 Å². The Morgan fingerprint density at radius 3 is 2.69 bits per heavy atom. The molecule has 0 radical (unpaired) electrons. The summed E-state index contributed by atoms with van der Waals surface area (Å²) in [6, 6.07) is 3.81. The number of anilines is 3. The molecule has 0 saturated carbocycles. The Hall–Kier alpha value is -3.15. The first-order valence-corrected chi connectivity index (χ1v) is 13.5. The lowest BCUT2D eigenvalue weighted by Crippen LogP contribution is -2.49. The summed E-state index contributed by atoms with van der Waals surface area (Å²) in [6.45, 7) is 6.06. The number of nitrogens with one attached hydrogen (secondary N) is 1. The van der Waals surface area contributed by atoms with Crippen LogP contribution in [-0.4, -0.2) is 74.0 Å². The molecule has 0 bridgehead atoms. The summed E-state index contributed by atoms with van der Waals surface area (Å²) in [5, 5.41) is 2.91. The van der Waals surface area contributed by atoms with Crippen molar-refractivity contribution in [2.45, 2.75) is 50.2 Å². The summed E-state index contributed by atoms with van der Waals surface area (Å²) in [5.74, 6) is 0.580. The molecule has 1 N–H and O–H groups in total. The minimum Gasteiger partial charge on any atom is -0.485 e. The highest BCUT2D eigenvalue weighted by molar-refractivity contribution is 7.90. The van der Waals surface area contributed by atoms with Gasteiger partial charge in [-0.25, -0.2) is 27.6 Å². The lowest BCUT2D eigenvalue weighted by Gasteiger charge is -2.41. The van der Waals surface area contributed by atoms with Crippen LogP contribution in [0.5, 0.6) is 5.75 Å². The molecule has 0 aliphatic carbocycles. The number of likely N-dealkylation sites (tertiary alicyclic amines) is 1. The van der Waals surface area contributed by atoms with Gasteiger partial charge in [0.2, 0.25) is 5.75 Å². The van der Waals surface area contributed by atoms with E-state index in [0.29, 0.717) is 43.6 Å². The second-order valence-corrected chi connectivity index (χ2v) is 10.8. The number of ether oxygens (including phenoxy) is 2. The Morgan fingerprint density at radius 1 is 1.29 bits per heavy atom. The average Bonchev–Trinajstić information content (AvgIpc) is 2.84. The molecule has 2 aromatic rings. The molecule has 2 aliphatic rings. The molecule has 1 unspecified atom stereocenters. The van der Waals surface area contributed by atoms with Gasteiger partial charge in [0.1, 0.15) is 24.9 Å². The van der Waals surface area contributed by atoms with E-state index in [-0.39, 0.29) is 28.8 Å². The van der Waals surface area contributed by atoms with Crippen molar-refractivity contribution in [2.75, 3.05) is 42.7 Å². The number of hydrogen-bond donors (Lipinski definition) is 1. The highest BCUT2D eigenvalue weighted by Crippen LogP contribution is 2.39. The number of aromatic nitrogens is 2. The summed E-state index contributed by atoms with van der Waals surface area (Å²) < 4.78 is 49.3. The third kappa shape index (κ3) is 5.58. The van der Waals surface area contributed by atoms with Gasteiger partial charge in [0.15, 0.2) is 21.5 Å². The van der Waals surface area contributed by atoms with Gasteiger partial charge in [-0.1, -0.05) is 6.92 Å². The average molecular weight is 508 g/mol. The van der Waals surface area contributed by atoms with Crippen LogP contribution in [0.15, 0.2) is 29.4 Å². The second kappa shape index (κ2) is 10.2. The van der Waals surface area contributed by atoms with Crippen LogP contribution >= 0.6 is 0 Å². The molecule has 1 aromatic heterocycles. The maximum atomic E-state index is 14.6. The topological polar surface area (TPSA) is 114 Å². The first kappa shape index (κ1) is 25.0. The molecule has 190 valence electrons. The van der Waals surface area contributed by atoms with Crippen molar-refractivity contribution in [1.29, 1.82) is 0 Å². The number of hydrogen-bond acceptors (Lipinski definition) is 9. The quantitative estimate of drug-likeness (QED) is 0.629. The first-order valence-electron chi connectivity index (χ1n) is 11.6. The van der Waals surface area contributed by atoms with E-state index in [1.165, 1.54) is 18.5 Å². The molecule has 3 heterocycles. The lowest BCUT2D eigenvalue weighted by molar-refractivity contribution is 0.0610. The lowest BCUT2D eigenvalue weighted by atomic mass is 10.0. The molecule has 0 spiro atoms. The molecule has 1 aromatic carbocycles. The summed E-state index contributed by atoms with van der Waals surface area (Å²) in [6.07, 6.45) is 4.29. The van der Waals surface area contributed by atoms with Crippen LogP contribution in [0.3, 0.4) is 0 Å². The number of piperidine rings is 1. The van der Waals surface area contributed by atoms with E-state index >= 15 is 0 Å². The fraction of sp³-hybridized carbons (Fsp3) is 0.522. The molecule has 35 heavy (non-hydrogen) atoms. The van der Waals surface area contributed by atoms with Gasteiger partial charge in [-0.2, -0.15) is 0 Å². The van der Waals surface area contributed by atoms with E-state index in [4.69, 9.17) is 9.47 Å². The van der Waals surface area contributed by atoms with Gasteiger partial charge in [-0.3, -0.25) is 0 Å². The Balaban J connectivity index is 1.48. The largest absolute Gasteiger partial charge is 0.485 e. The van der Waals surface area contributed by atoms with E-state index in [9.17, 15) is 17.6 Å². The van der Waals surface area contributed by atoms with Crippen LogP contribution in [0.4, 0.5) is 26.5 Å². The van der Waals surface area contributed by atoms with Crippen molar-refractivity contribution >= 4 is 33.3 Å². The number of carbonyl (C=O) groups is 1. The molecule has 10 nitrogen and oxygen atoms in total. The summed E-state index contributed by atoms with van der Waals surface area (Å²) in [5.41, 5.74) is 0.0761. The predicted octanol–water partition coefficient (Wildman–Crippen LogP) is 3.36. The minimum atomic E-state index is -3.52. The van der Waals surface area contributed by atoms with Crippen LogP contribution in [0, 0.1) is 5.82 Å². The Labute approximate surface area is 204 Å². The summed E-state index contributed by atoms with van der Waals surface area (Å²) in [4.78, 5) is 24.8. The van der Waals surface area contributed by atoms with Crippen molar-refractivity contribution in [3.05, 3.63) is 30.3 Å². The van der Waals surface area contributed by atoms with Crippen molar-refractivity contribution in [3.8, 4) is 5.75 Å². The van der Waals surface area contributed by atoms with Gasteiger partial charge in [0, 0.05) is 25.4 Å². The zero-order valence-corrected chi connectivity index (χ0v) is 20.8. The van der Waals surface area contributed by atoms with Gasteiger partial charge in [0.25, 0.3) is 0 Å². The maximum Gasteiger partial charge on any atom is 0.410 e. The number of halogens is 1. The maximum absolute atomic E-state index is 14.6. The van der Waals surface area contributed by atoms with Crippen molar-refractivity contribution in [2.24, 2.45) is 0 Å². The number of carbonyl (C=O) groups excluding carboxylic acids is 1. The molecular formula is C23H30FN5O5S. The number of amides is 1. The third-order valence-corrected chi connectivity index (χ3v) is 7.41. The predicted molar refractivity (Wildman–Crippen MR) is 128 cm³/mol. The molecule has 1 saturated heterocycles. The van der Waals surface area contributed by atoms with Crippen molar-refractivity contribution < 1.29 is 27.1 Å². The van der Waals surface area contributed by atoms with Gasteiger partial charge in [-0.15, -0.1) is 0 Å². The Morgan fingerprint density at radius 2 is 2.03 bits per heavy atom. The normalized spacial score (nSPS) is 17.4. The van der Waals surface area contributed by atoms with Gasteiger partial charge < -0.3 is 24.6 Å². The standard InChI is InChI=1S/C23H30FN5O5S/c1-4-15(2)34-23(30)28-9-7-16(8-10-28)29-11-12-33-20-21(25-14-26-22(20)29)27-19-6-5-17(13-18(19)24)35(3,31)32/h5-6,13-16H,4,7-12H2,1-3H3,(H,25,26,27). The molecular weight excluding hydrogens is 477 g/mol. The number of rotatable bonds is 6. The second-order valence-electron chi connectivity index (χ2n) is 8.78. The van der Waals surface area contributed by atoms with E-state index < -0.39 is 15.7 Å². The molecule has 2 aliphatic heterocycles. The van der Waals surface area contributed by atoms with E-state index in [1.807, 2.05) is 13.8 Å². The van der Waals surface area contributed by atoms with Gasteiger partial charge in [-0.05, 0) is 44.4 Å². The van der Waals surface area contributed by atoms with Crippen LogP contribution in [0.25, 0.3) is 0 Å². The SMILES string of the molecule is CCC(C)OC(=O)N1CCC(N2CCOc3c(Nc4ccc(S(C)(=O)=O)cc4F)ncnc32)CC1. The number of nitrogens with zero attached hydrogens (tertiary/aromatic N) is 4. The highest BCUT2D eigenvalue weighted by atomic mass is 32.2. The smallest absolute Gasteiger partial charge is 0.410 e. The minimum absolute atomic E-state index is 0.0761. The van der Waals surface area contributed by atoms with Crippen LogP contribution in [0.1, 0.15) is 33.1 Å². The molecule has 1 atom stereocenters. The van der Waals surface area contributed by atoms with E-state index in [2.05, 4.69) is 20.2 Å². The zero-order valence-electron chi connectivity index (χ0n) is 20.0. The Kier molecular flexibility index (Phi) is 7.29. The van der Waals surface area contributed by atoms with Crippen LogP contribution < -0.4 is 15.0 Å². The Bertz CT molecular complexity index is 1190. The fourth-order valence-electron chi connectivity index (χ4n) is 4.14. The summed E-state index contributed by atoms with van der Waals surface area (Å²) >= 11 is 0. The molecule has 1 fully saturated rings. The van der Waals surface area contributed by atoms with Crippen molar-refractivity contribution in [3.63, 3.8) is 0 Å². The summed E-state index contributed by atoms with van der Waals surface area (Å²) in [7, 11) is -3.52. The van der Waals surface area contributed by atoms with Gasteiger partial charge >= 0.3 is 6.09 Å². The van der Waals surface area contributed by atoms with Crippen LogP contribution in [-0.2, 0) is 14.6 Å². The number of fused-ring (bicyclic) bond motifs is 1.